The Balaban J connectivity index is 1.53. The quantitative estimate of drug-likeness (QED) is 0.583. The second kappa shape index (κ2) is 8.25. The average molecular weight is 508 g/mol. The smallest absolute Gasteiger partial charge is 0.408 e. The van der Waals surface area contributed by atoms with Gasteiger partial charge in [-0.1, -0.05) is 15.9 Å². The molecule has 0 aliphatic carbocycles. The van der Waals surface area contributed by atoms with E-state index in [1.54, 1.807) is 19.2 Å². The number of sulfonamides is 1. The van der Waals surface area contributed by atoms with Gasteiger partial charge in [0.05, 0.1) is 16.3 Å². The zero-order valence-electron chi connectivity index (χ0n) is 17.1. The molecule has 2 heterocycles. The van der Waals surface area contributed by atoms with Crippen molar-refractivity contribution in [3.05, 3.63) is 57.0 Å². The predicted molar refractivity (Wildman–Crippen MR) is 120 cm³/mol. The van der Waals surface area contributed by atoms with Crippen LogP contribution in [0.5, 0.6) is 0 Å². The number of hydrogen-bond acceptors (Lipinski definition) is 5. The zero-order chi connectivity index (χ0) is 22.3. The molecule has 1 aliphatic rings. The van der Waals surface area contributed by atoms with Crippen LogP contribution in [0.25, 0.3) is 11.1 Å². The van der Waals surface area contributed by atoms with Crippen molar-refractivity contribution in [1.29, 1.82) is 0 Å². The summed E-state index contributed by atoms with van der Waals surface area (Å²) >= 11 is 3.43. The van der Waals surface area contributed by atoms with E-state index < -0.39 is 21.7 Å². The van der Waals surface area contributed by atoms with Crippen LogP contribution in [0.1, 0.15) is 18.4 Å². The molecule has 1 N–H and O–H groups in total. The first-order valence-electron chi connectivity index (χ1n) is 9.83. The summed E-state index contributed by atoms with van der Waals surface area (Å²) in [6.07, 6.45) is 1.19. The SMILES string of the molecule is Cc1cc(NC(=O)C2CCCN(S(=O)(=O)c3ccc4c(c3)oc(=O)n4C)C2)ccc1Br. The number of anilines is 1. The lowest BCUT2D eigenvalue weighted by Crippen LogP contribution is -2.43. The number of nitrogens with one attached hydrogen (secondary N) is 1. The number of piperidine rings is 1. The van der Waals surface area contributed by atoms with Crippen LogP contribution in [-0.2, 0) is 21.9 Å². The molecule has 8 nitrogen and oxygen atoms in total. The second-order valence-electron chi connectivity index (χ2n) is 7.71. The van der Waals surface area contributed by atoms with Crippen molar-refractivity contribution in [3.63, 3.8) is 0 Å². The van der Waals surface area contributed by atoms with Gasteiger partial charge in [-0.2, -0.15) is 4.31 Å². The summed E-state index contributed by atoms with van der Waals surface area (Å²) in [5, 5.41) is 2.89. The zero-order valence-corrected chi connectivity index (χ0v) is 19.5. The van der Waals surface area contributed by atoms with Gasteiger partial charge in [-0.3, -0.25) is 9.36 Å². The highest BCUT2D eigenvalue weighted by Crippen LogP contribution is 2.27. The normalized spacial score (nSPS) is 17.7. The second-order valence-corrected chi connectivity index (χ2v) is 10.5. The van der Waals surface area contributed by atoms with E-state index in [0.717, 1.165) is 10.0 Å². The van der Waals surface area contributed by atoms with E-state index in [0.29, 0.717) is 30.6 Å². The van der Waals surface area contributed by atoms with Gasteiger partial charge in [0.2, 0.25) is 15.9 Å². The lowest BCUT2D eigenvalue weighted by atomic mass is 9.98. The molecule has 3 aromatic rings. The van der Waals surface area contributed by atoms with E-state index >= 15 is 0 Å². The fourth-order valence-corrected chi connectivity index (χ4v) is 5.55. The highest BCUT2D eigenvalue weighted by atomic mass is 79.9. The topological polar surface area (TPSA) is 102 Å². The summed E-state index contributed by atoms with van der Waals surface area (Å²) in [7, 11) is -2.27. The minimum absolute atomic E-state index is 0.0407. The van der Waals surface area contributed by atoms with Gasteiger partial charge in [-0.05, 0) is 55.7 Å². The number of carbonyl (C=O) groups is 1. The molecule has 31 heavy (non-hydrogen) atoms. The molecule has 4 rings (SSSR count). The van der Waals surface area contributed by atoms with Crippen LogP contribution in [0.3, 0.4) is 0 Å². The lowest BCUT2D eigenvalue weighted by Gasteiger charge is -2.31. The molecule has 1 atom stereocenters. The maximum atomic E-state index is 13.2. The van der Waals surface area contributed by atoms with Crippen LogP contribution < -0.4 is 11.1 Å². The van der Waals surface area contributed by atoms with Gasteiger partial charge in [0.15, 0.2) is 5.58 Å². The van der Waals surface area contributed by atoms with Gasteiger partial charge in [-0.15, -0.1) is 0 Å². The lowest BCUT2D eigenvalue weighted by molar-refractivity contribution is -0.120. The molecule has 1 saturated heterocycles. The summed E-state index contributed by atoms with van der Waals surface area (Å²) in [6.45, 7) is 2.36. The number of rotatable bonds is 4. The van der Waals surface area contributed by atoms with Gasteiger partial charge in [0.25, 0.3) is 0 Å². The third-order valence-electron chi connectivity index (χ3n) is 5.58. The van der Waals surface area contributed by atoms with Crippen LogP contribution in [0.15, 0.2) is 55.0 Å². The number of aromatic nitrogens is 1. The average Bonchev–Trinajstić information content (AvgIpc) is 3.04. The summed E-state index contributed by atoms with van der Waals surface area (Å²) < 4.78 is 35.1. The standard InChI is InChI=1S/C21H22BrN3O5S/c1-13-10-15(5-7-17(13)22)23-20(26)14-4-3-9-25(12-14)31(28,29)16-6-8-18-19(11-16)30-21(27)24(18)2/h5-8,10-11,14H,3-4,9,12H2,1-2H3,(H,23,26). The molecule has 0 spiro atoms. The van der Waals surface area contributed by atoms with Crippen LogP contribution in [0, 0.1) is 12.8 Å². The molecule has 164 valence electrons. The maximum absolute atomic E-state index is 13.2. The summed E-state index contributed by atoms with van der Waals surface area (Å²) in [5.74, 6) is -1.21. The number of oxazole rings is 1. The van der Waals surface area contributed by atoms with E-state index in [9.17, 15) is 18.0 Å². The molecule has 1 unspecified atom stereocenters. The van der Waals surface area contributed by atoms with Gasteiger partial charge >= 0.3 is 5.76 Å². The molecular formula is C21H22BrN3O5S. The first-order valence-corrected chi connectivity index (χ1v) is 12.1. The van der Waals surface area contributed by atoms with Crippen LogP contribution >= 0.6 is 15.9 Å². The van der Waals surface area contributed by atoms with Crippen molar-refractivity contribution in [1.82, 2.24) is 8.87 Å². The third kappa shape index (κ3) is 4.19. The Kier molecular flexibility index (Phi) is 5.80. The Bertz CT molecular complexity index is 1330. The molecule has 1 fully saturated rings. The number of carbonyl (C=O) groups excluding carboxylic acids is 1. The number of benzene rings is 2. The number of amides is 1. The summed E-state index contributed by atoms with van der Waals surface area (Å²) in [5.41, 5.74) is 2.40. The molecule has 0 saturated carbocycles. The molecule has 2 aromatic carbocycles. The first kappa shape index (κ1) is 21.8. The Morgan fingerprint density at radius 1 is 1.23 bits per heavy atom. The molecule has 0 radical (unpaired) electrons. The molecule has 1 aliphatic heterocycles. The van der Waals surface area contributed by atoms with Crippen molar-refractivity contribution < 1.29 is 17.6 Å². The van der Waals surface area contributed by atoms with Gasteiger partial charge in [-0.25, -0.2) is 13.2 Å². The fourth-order valence-electron chi connectivity index (χ4n) is 3.77. The number of fused-ring (bicyclic) bond motifs is 1. The molecule has 10 heteroatoms. The van der Waals surface area contributed by atoms with Crippen molar-refractivity contribution in [2.45, 2.75) is 24.7 Å². The van der Waals surface area contributed by atoms with E-state index in [1.165, 1.54) is 21.0 Å². The number of hydrogen-bond donors (Lipinski definition) is 1. The Labute approximate surface area is 188 Å². The molecule has 0 bridgehead atoms. The monoisotopic (exact) mass is 507 g/mol. The minimum Gasteiger partial charge on any atom is -0.408 e. The van der Waals surface area contributed by atoms with Crippen LogP contribution in [0.2, 0.25) is 0 Å². The predicted octanol–water partition coefficient (Wildman–Crippen LogP) is 3.24. The van der Waals surface area contributed by atoms with E-state index in [2.05, 4.69) is 21.2 Å². The Morgan fingerprint density at radius 3 is 2.74 bits per heavy atom. The minimum atomic E-state index is -3.83. The molecular weight excluding hydrogens is 486 g/mol. The number of nitrogens with zero attached hydrogens (tertiary/aromatic N) is 2. The van der Waals surface area contributed by atoms with Crippen molar-refractivity contribution in [3.8, 4) is 0 Å². The highest BCUT2D eigenvalue weighted by Gasteiger charge is 2.33. The first-order chi connectivity index (χ1) is 14.7. The fraction of sp³-hybridized carbons (Fsp3) is 0.333. The van der Waals surface area contributed by atoms with Crippen molar-refractivity contribution in [2.24, 2.45) is 13.0 Å². The highest BCUT2D eigenvalue weighted by molar-refractivity contribution is 9.10. The van der Waals surface area contributed by atoms with Crippen LogP contribution in [-0.4, -0.2) is 36.3 Å². The van der Waals surface area contributed by atoms with Crippen LogP contribution in [0.4, 0.5) is 5.69 Å². The van der Waals surface area contributed by atoms with E-state index in [1.807, 2.05) is 19.1 Å². The van der Waals surface area contributed by atoms with E-state index in [4.69, 9.17) is 4.42 Å². The molecule has 1 amide bonds. The van der Waals surface area contributed by atoms with E-state index in [-0.39, 0.29) is 22.9 Å². The Morgan fingerprint density at radius 2 is 2.00 bits per heavy atom. The van der Waals surface area contributed by atoms with Gasteiger partial charge < -0.3 is 9.73 Å². The summed E-state index contributed by atoms with van der Waals surface area (Å²) in [4.78, 5) is 24.5. The van der Waals surface area contributed by atoms with Gasteiger partial charge in [0.1, 0.15) is 0 Å². The Hall–Kier alpha value is -2.43. The number of aryl methyl sites for hydroxylation is 2. The van der Waals surface area contributed by atoms with Crippen molar-refractivity contribution in [2.75, 3.05) is 18.4 Å². The van der Waals surface area contributed by atoms with Crippen molar-refractivity contribution >= 4 is 48.6 Å². The largest absolute Gasteiger partial charge is 0.419 e. The van der Waals surface area contributed by atoms with Gasteiger partial charge in [0, 0.05) is 36.4 Å². The maximum Gasteiger partial charge on any atom is 0.419 e. The third-order valence-corrected chi connectivity index (χ3v) is 8.33. The number of halogens is 1. The molecule has 1 aromatic heterocycles. The summed E-state index contributed by atoms with van der Waals surface area (Å²) in [6, 6.07) is 9.90.